The van der Waals surface area contributed by atoms with Gasteiger partial charge in [0.05, 0.1) is 19.4 Å². The molecule has 172 valence electrons. The predicted molar refractivity (Wildman–Crippen MR) is 128 cm³/mol. The van der Waals surface area contributed by atoms with E-state index in [9.17, 15) is 4.79 Å². The summed E-state index contributed by atoms with van der Waals surface area (Å²) in [4.78, 5) is 13.5. The third-order valence-corrected chi connectivity index (χ3v) is 8.14. The van der Waals surface area contributed by atoms with E-state index in [2.05, 4.69) is 18.2 Å². The summed E-state index contributed by atoms with van der Waals surface area (Å²) >= 11 is 0. The van der Waals surface area contributed by atoms with Crippen LogP contribution in [0.15, 0.2) is 47.6 Å². The number of hydrogen-bond donors (Lipinski definition) is 0. The number of benzene rings is 2. The van der Waals surface area contributed by atoms with Crippen LogP contribution in [0.25, 0.3) is 0 Å². The van der Waals surface area contributed by atoms with Gasteiger partial charge >= 0.3 is 0 Å². The number of methoxy groups -OCH3 is 1. The monoisotopic (exact) mass is 444 g/mol. The summed E-state index contributed by atoms with van der Waals surface area (Å²) in [5.41, 5.74) is 4.49. The molecule has 2 aliphatic heterocycles. The van der Waals surface area contributed by atoms with Gasteiger partial charge in [-0.15, -0.1) is 0 Å². The van der Waals surface area contributed by atoms with Crippen molar-refractivity contribution in [3.8, 4) is 11.5 Å². The summed E-state index contributed by atoms with van der Waals surface area (Å²) in [6.07, 6.45) is 9.80. The molecule has 0 bridgehead atoms. The number of nitrogens with zero attached hydrogens (tertiary/aromatic N) is 2. The summed E-state index contributed by atoms with van der Waals surface area (Å²) in [5.74, 6) is 2.11. The van der Waals surface area contributed by atoms with E-state index in [4.69, 9.17) is 14.6 Å². The van der Waals surface area contributed by atoms with E-state index in [-0.39, 0.29) is 23.3 Å². The number of hydrogen-bond acceptors (Lipinski definition) is 4. The Kier molecular flexibility index (Phi) is 5.16. The van der Waals surface area contributed by atoms with Crippen LogP contribution in [0.2, 0.25) is 0 Å². The molecule has 6 rings (SSSR count). The van der Waals surface area contributed by atoms with Gasteiger partial charge < -0.3 is 9.47 Å². The van der Waals surface area contributed by atoms with Gasteiger partial charge in [-0.05, 0) is 56.2 Å². The lowest BCUT2D eigenvalue weighted by atomic mass is 9.72. The number of fused-ring (bicyclic) bond motifs is 2. The maximum atomic E-state index is 13.5. The molecule has 5 nitrogen and oxygen atoms in total. The minimum atomic E-state index is -0.0908. The van der Waals surface area contributed by atoms with Crippen molar-refractivity contribution in [2.75, 3.05) is 7.11 Å². The quantitative estimate of drug-likeness (QED) is 0.626. The fourth-order valence-corrected chi connectivity index (χ4v) is 6.49. The smallest absolute Gasteiger partial charge is 0.246 e. The molecule has 2 aromatic carbocycles. The van der Waals surface area contributed by atoms with Gasteiger partial charge in [-0.2, -0.15) is 5.10 Å². The molecule has 0 saturated heterocycles. The van der Waals surface area contributed by atoms with Crippen molar-refractivity contribution in [2.24, 2.45) is 16.9 Å². The first-order valence-electron chi connectivity index (χ1n) is 12.5. The Hall–Kier alpha value is -2.82. The highest BCUT2D eigenvalue weighted by Crippen LogP contribution is 2.51. The molecule has 33 heavy (non-hydrogen) atoms. The number of amides is 1. The Bertz CT molecular complexity index is 1090. The highest BCUT2D eigenvalue weighted by atomic mass is 16.5. The van der Waals surface area contributed by atoms with E-state index >= 15 is 0 Å². The van der Waals surface area contributed by atoms with E-state index in [1.807, 2.05) is 24.3 Å². The van der Waals surface area contributed by atoms with Crippen LogP contribution < -0.4 is 9.47 Å². The largest absolute Gasteiger partial charge is 0.493 e. The molecule has 0 N–H and O–H groups in total. The topological polar surface area (TPSA) is 51.1 Å². The van der Waals surface area contributed by atoms with Crippen molar-refractivity contribution >= 4 is 11.6 Å². The van der Waals surface area contributed by atoms with Gasteiger partial charge in [0, 0.05) is 29.4 Å². The molecule has 2 aromatic rings. The number of hydrazone groups is 1. The van der Waals surface area contributed by atoms with Gasteiger partial charge in [0.25, 0.3) is 0 Å². The molecule has 1 spiro atoms. The fraction of sp³-hybridized carbons (Fsp3) is 0.500. The van der Waals surface area contributed by atoms with Crippen LogP contribution in [-0.4, -0.2) is 29.3 Å². The van der Waals surface area contributed by atoms with Crippen LogP contribution in [-0.2, 0) is 17.8 Å². The molecule has 2 aliphatic carbocycles. The van der Waals surface area contributed by atoms with Crippen LogP contribution >= 0.6 is 0 Å². The maximum absolute atomic E-state index is 13.5. The third-order valence-electron chi connectivity index (χ3n) is 8.14. The van der Waals surface area contributed by atoms with Crippen molar-refractivity contribution in [2.45, 2.75) is 69.9 Å². The van der Waals surface area contributed by atoms with Gasteiger partial charge in [-0.3, -0.25) is 4.79 Å². The fourth-order valence-electron chi connectivity index (χ4n) is 6.49. The first-order valence-corrected chi connectivity index (χ1v) is 12.5. The zero-order valence-electron chi connectivity index (χ0n) is 19.4. The molecule has 2 atom stereocenters. The summed E-state index contributed by atoms with van der Waals surface area (Å²) < 4.78 is 12.3. The predicted octanol–water partition coefficient (Wildman–Crippen LogP) is 5.50. The average Bonchev–Trinajstić information content (AvgIpc) is 3.47. The van der Waals surface area contributed by atoms with Crippen LogP contribution in [0.5, 0.6) is 11.5 Å². The molecule has 5 heteroatoms. The van der Waals surface area contributed by atoms with Gasteiger partial charge in [-0.1, -0.05) is 43.2 Å². The third kappa shape index (κ3) is 3.53. The van der Waals surface area contributed by atoms with Gasteiger partial charge in [0.2, 0.25) is 5.91 Å². The lowest BCUT2D eigenvalue weighted by molar-refractivity contribution is -0.139. The molecule has 0 radical (unpaired) electrons. The van der Waals surface area contributed by atoms with E-state index in [1.54, 1.807) is 12.1 Å². The average molecular weight is 445 g/mol. The Morgan fingerprint density at radius 1 is 1.03 bits per heavy atom. The standard InChI is InChI=1S/C28H32N2O3/c1-32-24-14-13-21(23-17-28(33-26(23)24)15-7-8-16-28)25-20-11-5-6-12-22(20)27(31)30(29-25)18-19-9-3-2-4-10-19/h2-4,9-10,13-14,20,22H,5-8,11-12,15-18H2,1H3/t20-,22+/m1/s1. The van der Waals surface area contributed by atoms with Crippen LogP contribution in [0.1, 0.15) is 68.1 Å². The number of carbonyl (C=O) groups excluding carboxylic acids is 1. The molecular formula is C28H32N2O3. The van der Waals surface area contributed by atoms with Gasteiger partial charge in [0.1, 0.15) is 5.60 Å². The highest BCUT2D eigenvalue weighted by molar-refractivity contribution is 6.08. The lowest BCUT2D eigenvalue weighted by Gasteiger charge is -2.39. The zero-order chi connectivity index (χ0) is 22.4. The number of rotatable bonds is 4. The van der Waals surface area contributed by atoms with E-state index in [1.165, 1.54) is 18.4 Å². The summed E-state index contributed by atoms with van der Waals surface area (Å²) in [6, 6.07) is 14.4. The summed E-state index contributed by atoms with van der Waals surface area (Å²) in [6.45, 7) is 0.519. The van der Waals surface area contributed by atoms with E-state index in [0.717, 1.165) is 73.3 Å². The highest BCUT2D eigenvalue weighted by Gasteiger charge is 2.47. The molecular weight excluding hydrogens is 412 g/mol. The first-order chi connectivity index (χ1) is 16.2. The van der Waals surface area contributed by atoms with Crippen molar-refractivity contribution in [3.63, 3.8) is 0 Å². The van der Waals surface area contributed by atoms with Crippen molar-refractivity contribution in [1.29, 1.82) is 0 Å². The zero-order valence-corrected chi connectivity index (χ0v) is 19.4. The minimum absolute atomic E-state index is 0.0236. The lowest BCUT2D eigenvalue weighted by Crippen LogP contribution is -2.46. The Balaban J connectivity index is 1.44. The van der Waals surface area contributed by atoms with Gasteiger partial charge in [-0.25, -0.2) is 5.01 Å². The second kappa shape index (κ2) is 8.19. The number of ether oxygens (including phenoxy) is 2. The Labute approximate surface area is 195 Å². The van der Waals surface area contributed by atoms with Gasteiger partial charge in [0.15, 0.2) is 11.5 Å². The Morgan fingerprint density at radius 3 is 2.55 bits per heavy atom. The number of carbonyl (C=O) groups is 1. The molecule has 2 saturated carbocycles. The molecule has 2 fully saturated rings. The van der Waals surface area contributed by atoms with Crippen LogP contribution in [0.4, 0.5) is 0 Å². The summed E-state index contributed by atoms with van der Waals surface area (Å²) in [5, 5.41) is 6.80. The molecule has 0 unspecified atom stereocenters. The molecule has 4 aliphatic rings. The van der Waals surface area contributed by atoms with Crippen molar-refractivity contribution in [3.05, 3.63) is 59.2 Å². The normalized spacial score (nSPS) is 25.4. The summed E-state index contributed by atoms with van der Waals surface area (Å²) in [7, 11) is 1.72. The van der Waals surface area contributed by atoms with Crippen molar-refractivity contribution < 1.29 is 14.3 Å². The molecule has 0 aromatic heterocycles. The molecule has 1 amide bonds. The molecule has 2 heterocycles. The Morgan fingerprint density at radius 2 is 1.79 bits per heavy atom. The minimum Gasteiger partial charge on any atom is -0.493 e. The second-order valence-electron chi connectivity index (χ2n) is 10.2. The maximum Gasteiger partial charge on any atom is 0.246 e. The van der Waals surface area contributed by atoms with E-state index < -0.39 is 0 Å². The second-order valence-corrected chi connectivity index (χ2v) is 10.2. The van der Waals surface area contributed by atoms with Crippen LogP contribution in [0, 0.1) is 11.8 Å². The van der Waals surface area contributed by atoms with Crippen LogP contribution in [0.3, 0.4) is 0 Å². The SMILES string of the molecule is COc1ccc(C2=NN(Cc3ccccc3)C(=O)[C@H]3CCCC[C@@H]23)c2c1OC1(CCCC1)C2. The van der Waals surface area contributed by atoms with E-state index in [0.29, 0.717) is 6.54 Å². The first kappa shape index (κ1) is 20.8. The van der Waals surface area contributed by atoms with Crippen molar-refractivity contribution in [1.82, 2.24) is 5.01 Å².